The Bertz CT molecular complexity index is 1070. The van der Waals surface area contributed by atoms with E-state index >= 15 is 0 Å². The Balaban J connectivity index is 1.38. The topological polar surface area (TPSA) is 158 Å². The molecule has 2 aromatic heterocycles. The number of hydrogen-bond donors (Lipinski definition) is 4. The molecule has 4 rings (SSSR count). The van der Waals surface area contributed by atoms with Crippen molar-refractivity contribution in [1.29, 1.82) is 0 Å². The van der Waals surface area contributed by atoms with Crippen LogP contribution in [-0.4, -0.2) is 66.0 Å². The Morgan fingerprint density at radius 3 is 2.77 bits per heavy atom. The molecule has 0 radical (unpaired) electrons. The Morgan fingerprint density at radius 2 is 1.97 bits per heavy atom. The number of ether oxygens (including phenoxy) is 1. The maximum absolute atomic E-state index is 10.4. The van der Waals surface area contributed by atoms with Crippen LogP contribution in [0.5, 0.6) is 0 Å². The van der Waals surface area contributed by atoms with Crippen molar-refractivity contribution in [1.82, 2.24) is 19.5 Å². The number of anilines is 1. The average molecular weight is 413 g/mol. The highest BCUT2D eigenvalue weighted by Crippen LogP contribution is 2.33. The van der Waals surface area contributed by atoms with E-state index in [0.717, 1.165) is 5.56 Å². The molecule has 11 heteroatoms. The van der Waals surface area contributed by atoms with Crippen molar-refractivity contribution in [3.63, 3.8) is 0 Å². The summed E-state index contributed by atoms with van der Waals surface area (Å²) >= 11 is 0. The second kappa shape index (κ2) is 8.72. The second-order valence-corrected chi connectivity index (χ2v) is 6.47. The molecule has 30 heavy (non-hydrogen) atoms. The molecule has 3 aromatic rings. The standard InChI is InChI=1S/C19H19N5O6/c20-16-12-17(22-9-21-16)24(10-23-12)18-14(26)13(25)15(29-18)19(27)30-28-8-4-7-11-5-2-1-3-6-11/h1-3,5-6,9-10,13-15,18-19,25-27H,8H2,(H2,20,21,22)/t13-,14+,15-,18+,19?/m0/s1. The van der Waals surface area contributed by atoms with Crippen LogP contribution in [0.15, 0.2) is 43.0 Å². The minimum Gasteiger partial charge on any atom is -0.387 e. The van der Waals surface area contributed by atoms with Crippen LogP contribution in [0, 0.1) is 11.8 Å². The molecule has 1 aromatic carbocycles. The van der Waals surface area contributed by atoms with Gasteiger partial charge in [0.1, 0.15) is 36.8 Å². The van der Waals surface area contributed by atoms with Crippen LogP contribution in [0.1, 0.15) is 11.8 Å². The van der Waals surface area contributed by atoms with Gasteiger partial charge < -0.3 is 25.8 Å². The van der Waals surface area contributed by atoms with Crippen molar-refractivity contribution >= 4 is 17.0 Å². The number of aliphatic hydroxyl groups excluding tert-OH is 3. The number of aromatic nitrogens is 4. The van der Waals surface area contributed by atoms with Gasteiger partial charge in [-0.1, -0.05) is 30.0 Å². The lowest BCUT2D eigenvalue weighted by Crippen LogP contribution is -2.40. The molecular formula is C19H19N5O6. The third-order valence-corrected chi connectivity index (χ3v) is 4.52. The van der Waals surface area contributed by atoms with Gasteiger partial charge in [-0.25, -0.2) is 24.7 Å². The molecule has 1 fully saturated rings. The summed E-state index contributed by atoms with van der Waals surface area (Å²) in [5.74, 6) is 5.75. The van der Waals surface area contributed by atoms with Crippen molar-refractivity contribution < 1.29 is 29.8 Å². The number of fused-ring (bicyclic) bond motifs is 1. The molecule has 0 amide bonds. The zero-order valence-electron chi connectivity index (χ0n) is 15.6. The fraction of sp³-hybridized carbons (Fsp3) is 0.316. The van der Waals surface area contributed by atoms with Gasteiger partial charge in [0.25, 0.3) is 0 Å². The minimum absolute atomic E-state index is 0.122. The third-order valence-electron chi connectivity index (χ3n) is 4.52. The van der Waals surface area contributed by atoms with Gasteiger partial charge in [0.2, 0.25) is 6.29 Å². The molecule has 1 unspecified atom stereocenters. The van der Waals surface area contributed by atoms with Crippen LogP contribution in [0.2, 0.25) is 0 Å². The van der Waals surface area contributed by atoms with Crippen molar-refractivity contribution in [2.45, 2.75) is 30.8 Å². The lowest BCUT2D eigenvalue weighted by atomic mass is 10.1. The van der Waals surface area contributed by atoms with E-state index in [9.17, 15) is 15.3 Å². The number of aliphatic hydroxyl groups is 3. The van der Waals surface area contributed by atoms with Gasteiger partial charge in [-0.3, -0.25) is 4.57 Å². The van der Waals surface area contributed by atoms with Gasteiger partial charge in [-0.15, -0.1) is 0 Å². The summed E-state index contributed by atoms with van der Waals surface area (Å²) in [5, 5.41) is 30.8. The SMILES string of the molecule is Nc1ncnc2c1ncn2[C@@H]1O[C@H](C(O)OOCC#Cc2ccccc2)[C@@H](O)[C@H]1O. The summed E-state index contributed by atoms with van der Waals surface area (Å²) in [6, 6.07) is 9.27. The predicted molar refractivity (Wildman–Crippen MR) is 102 cm³/mol. The minimum atomic E-state index is -1.67. The average Bonchev–Trinajstić information content (AvgIpc) is 3.31. The molecule has 0 saturated carbocycles. The lowest BCUT2D eigenvalue weighted by molar-refractivity contribution is -0.385. The van der Waals surface area contributed by atoms with Crippen LogP contribution >= 0.6 is 0 Å². The van der Waals surface area contributed by atoms with Gasteiger partial charge >= 0.3 is 0 Å². The van der Waals surface area contributed by atoms with Crippen molar-refractivity contribution in [3.05, 3.63) is 48.5 Å². The number of hydrogen-bond acceptors (Lipinski definition) is 10. The molecule has 5 atom stereocenters. The third kappa shape index (κ3) is 3.96. The molecule has 11 nitrogen and oxygen atoms in total. The number of nitrogens with two attached hydrogens (primary N) is 1. The fourth-order valence-electron chi connectivity index (χ4n) is 3.05. The number of nitrogens with zero attached hydrogens (tertiary/aromatic N) is 4. The van der Waals surface area contributed by atoms with Crippen LogP contribution in [0.3, 0.4) is 0 Å². The van der Waals surface area contributed by atoms with E-state index in [1.54, 1.807) is 0 Å². The summed E-state index contributed by atoms with van der Waals surface area (Å²) in [7, 11) is 0. The van der Waals surface area contributed by atoms with E-state index in [0.29, 0.717) is 11.2 Å². The Labute approximate surface area is 170 Å². The number of benzene rings is 1. The van der Waals surface area contributed by atoms with Gasteiger partial charge in [-0.2, -0.15) is 0 Å². The normalized spacial score (nSPS) is 24.5. The van der Waals surface area contributed by atoms with Gasteiger partial charge in [-0.05, 0) is 12.1 Å². The van der Waals surface area contributed by atoms with E-state index in [2.05, 4.69) is 26.8 Å². The molecule has 1 saturated heterocycles. The second-order valence-electron chi connectivity index (χ2n) is 6.47. The summed E-state index contributed by atoms with van der Waals surface area (Å²) in [5.41, 5.74) is 7.19. The van der Waals surface area contributed by atoms with Gasteiger partial charge in [0.15, 0.2) is 17.7 Å². The van der Waals surface area contributed by atoms with Crippen LogP contribution < -0.4 is 5.73 Å². The predicted octanol–water partition coefficient (Wildman–Crippen LogP) is -0.654. The maximum Gasteiger partial charge on any atom is 0.218 e. The zero-order chi connectivity index (χ0) is 21.1. The first kappa shape index (κ1) is 20.2. The maximum atomic E-state index is 10.4. The van der Waals surface area contributed by atoms with E-state index < -0.39 is 30.8 Å². The molecule has 1 aliphatic heterocycles. The highest BCUT2D eigenvalue weighted by molar-refractivity contribution is 5.81. The highest BCUT2D eigenvalue weighted by atomic mass is 17.2. The first-order chi connectivity index (χ1) is 14.6. The smallest absolute Gasteiger partial charge is 0.218 e. The Morgan fingerprint density at radius 1 is 1.17 bits per heavy atom. The molecule has 0 aliphatic carbocycles. The molecule has 5 N–H and O–H groups in total. The number of nitrogen functional groups attached to an aromatic ring is 1. The number of rotatable bonds is 5. The highest BCUT2D eigenvalue weighted by Gasteiger charge is 2.48. The van der Waals surface area contributed by atoms with Crippen LogP contribution in [0.4, 0.5) is 5.82 Å². The van der Waals surface area contributed by atoms with Gasteiger partial charge in [0, 0.05) is 5.56 Å². The van der Waals surface area contributed by atoms with Crippen molar-refractivity contribution in [2.75, 3.05) is 12.3 Å². The first-order valence-corrected chi connectivity index (χ1v) is 9.01. The molecule has 0 spiro atoms. The Hall–Kier alpha value is -3.11. The molecule has 3 heterocycles. The lowest BCUT2D eigenvalue weighted by Gasteiger charge is -2.19. The van der Waals surface area contributed by atoms with E-state index in [4.69, 9.17) is 20.2 Å². The van der Waals surface area contributed by atoms with Crippen LogP contribution in [-0.2, 0) is 14.5 Å². The van der Waals surface area contributed by atoms with Crippen LogP contribution in [0.25, 0.3) is 11.2 Å². The van der Waals surface area contributed by atoms with Crippen molar-refractivity contribution in [2.24, 2.45) is 0 Å². The summed E-state index contributed by atoms with van der Waals surface area (Å²) in [6.07, 6.45) is -4.30. The molecule has 156 valence electrons. The molecule has 1 aliphatic rings. The summed E-state index contributed by atoms with van der Waals surface area (Å²) in [6.45, 7) is -0.122. The summed E-state index contributed by atoms with van der Waals surface area (Å²) in [4.78, 5) is 21.7. The van der Waals surface area contributed by atoms with E-state index in [-0.39, 0.29) is 12.4 Å². The molecular weight excluding hydrogens is 394 g/mol. The molecule has 0 bridgehead atoms. The first-order valence-electron chi connectivity index (χ1n) is 9.01. The monoisotopic (exact) mass is 413 g/mol. The quantitative estimate of drug-likeness (QED) is 0.139. The Kier molecular flexibility index (Phi) is 5.86. The van der Waals surface area contributed by atoms with Crippen molar-refractivity contribution in [3.8, 4) is 11.8 Å². The van der Waals surface area contributed by atoms with E-state index in [1.807, 2.05) is 30.3 Å². The summed E-state index contributed by atoms with van der Waals surface area (Å²) < 4.78 is 6.99. The number of imidazole rings is 1. The van der Waals surface area contributed by atoms with E-state index in [1.165, 1.54) is 17.2 Å². The fourth-order valence-corrected chi connectivity index (χ4v) is 3.05. The largest absolute Gasteiger partial charge is 0.387 e. The van der Waals surface area contributed by atoms with Gasteiger partial charge in [0.05, 0.1) is 6.33 Å². The zero-order valence-corrected chi connectivity index (χ0v) is 15.6.